The molecular weight excluding hydrogens is 156 g/mol. The van der Waals surface area contributed by atoms with Gasteiger partial charge in [-0.1, -0.05) is 45.3 Å². The maximum absolute atomic E-state index is 3.74. The first kappa shape index (κ1) is 18.3. The Hall–Kier alpha value is -0.520. The standard InChI is InChI=1S/2C6H12.CH4/c2*1-4-5-6(2)3;/h2*2,4-5H2,1,3H3;1H4. The Labute approximate surface area is 85.8 Å². The van der Waals surface area contributed by atoms with E-state index in [9.17, 15) is 0 Å². The molecule has 0 aliphatic heterocycles. The molecule has 0 rings (SSSR count). The minimum absolute atomic E-state index is 0. The maximum Gasteiger partial charge on any atom is -0.0328 e. The van der Waals surface area contributed by atoms with Crippen LogP contribution in [0, 0.1) is 0 Å². The molecule has 0 atom stereocenters. The lowest BCUT2D eigenvalue weighted by Crippen LogP contribution is -1.66. The lowest BCUT2D eigenvalue weighted by molar-refractivity contribution is 0.909. The van der Waals surface area contributed by atoms with Crippen LogP contribution >= 0.6 is 0 Å². The van der Waals surface area contributed by atoms with Crippen molar-refractivity contribution in [2.75, 3.05) is 0 Å². The first-order valence-electron chi connectivity index (χ1n) is 4.83. The van der Waals surface area contributed by atoms with Crippen molar-refractivity contribution in [2.45, 2.75) is 60.8 Å². The number of hydrogen-bond donors (Lipinski definition) is 0. The Kier molecular flexibility index (Phi) is 19.8. The normalized spacial score (nSPS) is 7.69. The Balaban J connectivity index is -0.000000143. The van der Waals surface area contributed by atoms with Crippen LogP contribution < -0.4 is 0 Å². The van der Waals surface area contributed by atoms with Gasteiger partial charge in [-0.2, -0.15) is 0 Å². The predicted octanol–water partition coefficient (Wildman–Crippen LogP) is 5.36. The van der Waals surface area contributed by atoms with Crippen LogP contribution in [0.3, 0.4) is 0 Å². The molecule has 0 aliphatic rings. The zero-order valence-electron chi connectivity index (χ0n) is 9.24. The molecule has 0 N–H and O–H groups in total. The van der Waals surface area contributed by atoms with Crippen molar-refractivity contribution in [1.82, 2.24) is 0 Å². The van der Waals surface area contributed by atoms with E-state index in [1.165, 1.54) is 36.8 Å². The Bertz CT molecular complexity index is 104. The highest BCUT2D eigenvalue weighted by atomic mass is 13.8. The lowest BCUT2D eigenvalue weighted by atomic mass is 10.2. The molecule has 0 saturated carbocycles. The molecule has 0 bridgehead atoms. The molecule has 0 heteroatoms. The third kappa shape index (κ3) is 34.4. The van der Waals surface area contributed by atoms with E-state index in [4.69, 9.17) is 0 Å². The molecule has 0 aromatic heterocycles. The van der Waals surface area contributed by atoms with Gasteiger partial charge in [-0.05, 0) is 26.7 Å². The van der Waals surface area contributed by atoms with E-state index in [-0.39, 0.29) is 7.43 Å². The average molecular weight is 184 g/mol. The minimum Gasteiger partial charge on any atom is -0.100 e. The molecule has 0 aliphatic carbocycles. The van der Waals surface area contributed by atoms with Crippen LogP contribution in [0.2, 0.25) is 0 Å². The second kappa shape index (κ2) is 14.0. The third-order valence-electron chi connectivity index (χ3n) is 1.35. The van der Waals surface area contributed by atoms with Crippen molar-refractivity contribution >= 4 is 0 Å². The summed E-state index contributed by atoms with van der Waals surface area (Å²) in [6.07, 6.45) is 4.82. The van der Waals surface area contributed by atoms with Gasteiger partial charge in [0.05, 0.1) is 0 Å². The summed E-state index contributed by atoms with van der Waals surface area (Å²) in [4.78, 5) is 0. The van der Waals surface area contributed by atoms with Crippen LogP contribution in [0.5, 0.6) is 0 Å². The first-order valence-corrected chi connectivity index (χ1v) is 4.83. The molecule has 0 radical (unpaired) electrons. The summed E-state index contributed by atoms with van der Waals surface area (Å²) in [5.41, 5.74) is 2.58. The second-order valence-corrected chi connectivity index (χ2v) is 3.41. The van der Waals surface area contributed by atoms with Gasteiger partial charge < -0.3 is 0 Å². The molecule has 80 valence electrons. The molecule has 0 unspecified atom stereocenters. The van der Waals surface area contributed by atoms with Crippen LogP contribution in [0.1, 0.15) is 60.8 Å². The predicted molar refractivity (Wildman–Crippen MR) is 66.2 cm³/mol. The average Bonchev–Trinajstić information content (AvgIpc) is 1.87. The number of allylic oxidation sites excluding steroid dienone is 2. The summed E-state index contributed by atoms with van der Waals surface area (Å²) in [5.74, 6) is 0. The van der Waals surface area contributed by atoms with Crippen molar-refractivity contribution in [2.24, 2.45) is 0 Å². The lowest BCUT2D eigenvalue weighted by Gasteiger charge is -1.87. The van der Waals surface area contributed by atoms with Gasteiger partial charge in [-0.25, -0.2) is 0 Å². The highest BCUT2D eigenvalue weighted by Gasteiger charge is 1.76. The fourth-order valence-corrected chi connectivity index (χ4v) is 0.854. The van der Waals surface area contributed by atoms with Gasteiger partial charge in [-0.15, -0.1) is 13.2 Å². The Morgan fingerprint density at radius 1 is 0.846 bits per heavy atom. The van der Waals surface area contributed by atoms with Gasteiger partial charge in [0.2, 0.25) is 0 Å². The van der Waals surface area contributed by atoms with Crippen LogP contribution in [-0.4, -0.2) is 0 Å². The van der Waals surface area contributed by atoms with Gasteiger partial charge in [-0.3, -0.25) is 0 Å². The van der Waals surface area contributed by atoms with Gasteiger partial charge in [0.25, 0.3) is 0 Å². The van der Waals surface area contributed by atoms with E-state index in [1.807, 2.05) is 0 Å². The SMILES string of the molecule is C.C=C(C)CCC.C=C(C)CCC. The molecular formula is C13H28. The summed E-state index contributed by atoms with van der Waals surface area (Å²) >= 11 is 0. The molecule has 0 aromatic carbocycles. The molecule has 13 heavy (non-hydrogen) atoms. The summed E-state index contributed by atoms with van der Waals surface area (Å²) in [7, 11) is 0. The summed E-state index contributed by atoms with van der Waals surface area (Å²) in [6.45, 7) is 15.9. The van der Waals surface area contributed by atoms with Gasteiger partial charge in [0, 0.05) is 0 Å². The fraction of sp³-hybridized carbons (Fsp3) is 0.692. The minimum atomic E-state index is 0. The van der Waals surface area contributed by atoms with E-state index < -0.39 is 0 Å². The summed E-state index contributed by atoms with van der Waals surface area (Å²) in [6, 6.07) is 0. The van der Waals surface area contributed by atoms with E-state index in [2.05, 4.69) is 40.9 Å². The highest BCUT2D eigenvalue weighted by molar-refractivity contribution is 4.86. The molecule has 0 nitrogen and oxygen atoms in total. The van der Waals surface area contributed by atoms with Crippen molar-refractivity contribution in [3.8, 4) is 0 Å². The van der Waals surface area contributed by atoms with Crippen molar-refractivity contribution in [1.29, 1.82) is 0 Å². The fourth-order valence-electron chi connectivity index (χ4n) is 0.854. The van der Waals surface area contributed by atoms with Crippen LogP contribution in [0.4, 0.5) is 0 Å². The maximum atomic E-state index is 3.74. The van der Waals surface area contributed by atoms with Crippen LogP contribution in [0.25, 0.3) is 0 Å². The van der Waals surface area contributed by atoms with Crippen LogP contribution in [0.15, 0.2) is 24.3 Å². The molecule has 0 fully saturated rings. The van der Waals surface area contributed by atoms with E-state index in [1.54, 1.807) is 0 Å². The largest absolute Gasteiger partial charge is 0.100 e. The van der Waals surface area contributed by atoms with E-state index in [0.717, 1.165) is 0 Å². The molecule has 0 amide bonds. The highest BCUT2D eigenvalue weighted by Crippen LogP contribution is 1.97. The Morgan fingerprint density at radius 2 is 1.08 bits per heavy atom. The summed E-state index contributed by atoms with van der Waals surface area (Å²) in [5, 5.41) is 0. The van der Waals surface area contributed by atoms with E-state index in [0.29, 0.717) is 0 Å². The summed E-state index contributed by atoms with van der Waals surface area (Å²) < 4.78 is 0. The third-order valence-corrected chi connectivity index (χ3v) is 1.35. The molecule has 0 aromatic rings. The quantitative estimate of drug-likeness (QED) is 0.516. The monoisotopic (exact) mass is 184 g/mol. The molecule has 0 heterocycles. The van der Waals surface area contributed by atoms with Crippen molar-refractivity contribution < 1.29 is 0 Å². The number of hydrogen-bond acceptors (Lipinski definition) is 0. The smallest absolute Gasteiger partial charge is 0.0328 e. The van der Waals surface area contributed by atoms with Crippen molar-refractivity contribution in [3.63, 3.8) is 0 Å². The van der Waals surface area contributed by atoms with Crippen molar-refractivity contribution in [3.05, 3.63) is 24.3 Å². The Morgan fingerprint density at radius 3 is 1.08 bits per heavy atom. The van der Waals surface area contributed by atoms with Gasteiger partial charge >= 0.3 is 0 Å². The van der Waals surface area contributed by atoms with Crippen LogP contribution in [-0.2, 0) is 0 Å². The zero-order valence-corrected chi connectivity index (χ0v) is 9.24. The first-order chi connectivity index (χ1) is 5.54. The van der Waals surface area contributed by atoms with Gasteiger partial charge in [0.15, 0.2) is 0 Å². The second-order valence-electron chi connectivity index (χ2n) is 3.41. The number of rotatable bonds is 4. The van der Waals surface area contributed by atoms with E-state index >= 15 is 0 Å². The van der Waals surface area contributed by atoms with Gasteiger partial charge in [0.1, 0.15) is 0 Å². The zero-order chi connectivity index (χ0) is 9.98. The topological polar surface area (TPSA) is 0 Å². The molecule has 0 saturated heterocycles. The molecule has 0 spiro atoms.